The van der Waals surface area contributed by atoms with Gasteiger partial charge in [-0.3, -0.25) is 13.9 Å². The van der Waals surface area contributed by atoms with Gasteiger partial charge in [0.1, 0.15) is 10.6 Å². The first kappa shape index (κ1) is 36.2. The number of anilines is 1. The lowest BCUT2D eigenvalue weighted by atomic mass is 10.1. The van der Waals surface area contributed by atoms with Crippen molar-refractivity contribution in [3.05, 3.63) is 42.5 Å². The van der Waals surface area contributed by atoms with Gasteiger partial charge in [0, 0.05) is 30.7 Å². The molecule has 47 heavy (non-hydrogen) atoms. The van der Waals surface area contributed by atoms with Crippen LogP contribution < -0.4 is 10.1 Å². The Morgan fingerprint density at radius 2 is 1.74 bits per heavy atom. The van der Waals surface area contributed by atoms with Crippen molar-refractivity contribution in [3.63, 3.8) is 0 Å². The van der Waals surface area contributed by atoms with Crippen LogP contribution in [0, 0.1) is 0 Å². The number of methoxy groups -OCH3 is 1. The number of thioether (sulfide) groups is 1. The summed E-state index contributed by atoms with van der Waals surface area (Å²) >= 11 is 1.36. The van der Waals surface area contributed by atoms with Gasteiger partial charge in [0.05, 0.1) is 18.5 Å². The van der Waals surface area contributed by atoms with Crippen molar-refractivity contribution in [1.29, 1.82) is 0 Å². The minimum atomic E-state index is -4.26. The first-order valence-electron chi connectivity index (χ1n) is 15.8. The number of hydrogen-bond donors (Lipinski definition) is 1. The predicted molar refractivity (Wildman–Crippen MR) is 181 cm³/mol. The van der Waals surface area contributed by atoms with Crippen LogP contribution in [0.15, 0.2) is 57.2 Å². The van der Waals surface area contributed by atoms with Gasteiger partial charge in [-0.15, -0.1) is 11.8 Å². The van der Waals surface area contributed by atoms with E-state index in [1.165, 1.54) is 64.1 Å². The Morgan fingerprint density at radius 3 is 2.43 bits per heavy atom. The molecule has 2 aliphatic heterocycles. The molecule has 0 bridgehead atoms. The molecule has 2 heterocycles. The first-order valence-corrected chi connectivity index (χ1v) is 18.5. The van der Waals surface area contributed by atoms with E-state index in [2.05, 4.69) is 17.2 Å². The SMILES string of the molecule is CCCCCCCCOCCCN1C(C(C(=O)Nc2cc(OC)ccc2SC)N2C(=O)OC(C)(C)C2=O)=Nc2ccccc2S1(=O)=O. The number of fused-ring (bicyclic) bond motifs is 1. The molecule has 2 aromatic rings. The number of sulfonamides is 1. The number of carbonyl (C=O) groups is 3. The van der Waals surface area contributed by atoms with E-state index in [0.717, 1.165) is 23.6 Å². The highest BCUT2D eigenvalue weighted by Crippen LogP contribution is 2.36. The summed E-state index contributed by atoms with van der Waals surface area (Å²) in [6.07, 6.45) is 7.73. The van der Waals surface area contributed by atoms with Crippen LogP contribution in [-0.4, -0.2) is 86.1 Å². The highest BCUT2D eigenvalue weighted by Gasteiger charge is 2.55. The van der Waals surface area contributed by atoms with Crippen LogP contribution in [0.1, 0.15) is 65.7 Å². The van der Waals surface area contributed by atoms with Crippen LogP contribution in [0.3, 0.4) is 0 Å². The van der Waals surface area contributed by atoms with Gasteiger partial charge >= 0.3 is 6.09 Å². The molecule has 3 amide bonds. The summed E-state index contributed by atoms with van der Waals surface area (Å²) in [5, 5.41) is 2.79. The second-order valence-corrected chi connectivity index (χ2v) is 14.4. The molecule has 0 spiro atoms. The maximum atomic E-state index is 14.3. The molecule has 12 nitrogen and oxygen atoms in total. The molecular formula is C33H44N4O8S2. The summed E-state index contributed by atoms with van der Waals surface area (Å²) in [7, 11) is -2.77. The Hall–Kier alpha value is -3.62. The third-order valence-electron chi connectivity index (χ3n) is 7.90. The monoisotopic (exact) mass is 688 g/mol. The quantitative estimate of drug-likeness (QED) is 0.157. The van der Waals surface area contributed by atoms with Crippen LogP contribution in [0.5, 0.6) is 5.75 Å². The van der Waals surface area contributed by atoms with Crippen LogP contribution in [0.4, 0.5) is 16.2 Å². The van der Waals surface area contributed by atoms with E-state index in [-0.39, 0.29) is 36.0 Å². The highest BCUT2D eigenvalue weighted by atomic mass is 32.2. The summed E-state index contributed by atoms with van der Waals surface area (Å²) in [4.78, 5) is 47.0. The summed E-state index contributed by atoms with van der Waals surface area (Å²) in [5.74, 6) is -1.50. The Balaban J connectivity index is 1.68. The number of ether oxygens (including phenoxy) is 3. The Kier molecular flexibility index (Phi) is 12.3. The molecular weight excluding hydrogens is 645 g/mol. The number of aliphatic imine (C=N–C) groups is 1. The van der Waals surface area contributed by atoms with Crippen molar-refractivity contribution in [1.82, 2.24) is 9.21 Å². The molecule has 2 aliphatic rings. The minimum Gasteiger partial charge on any atom is -0.497 e. The lowest BCUT2D eigenvalue weighted by molar-refractivity contribution is -0.137. The Labute approximate surface area is 281 Å². The average Bonchev–Trinajstić information content (AvgIpc) is 3.24. The number of imide groups is 1. The number of nitrogens with one attached hydrogen (secondary N) is 1. The van der Waals surface area contributed by atoms with Crippen molar-refractivity contribution in [2.24, 2.45) is 4.99 Å². The molecule has 14 heteroatoms. The number of rotatable bonds is 17. The molecule has 4 rings (SSSR count). The normalized spacial score (nSPS) is 17.2. The number of carbonyl (C=O) groups excluding carboxylic acids is 3. The molecule has 1 atom stereocenters. The maximum absolute atomic E-state index is 14.3. The zero-order valence-electron chi connectivity index (χ0n) is 27.6. The number of hydrogen-bond acceptors (Lipinski definition) is 10. The number of para-hydroxylation sites is 1. The van der Waals surface area contributed by atoms with Crippen molar-refractivity contribution < 1.29 is 37.0 Å². The molecule has 0 aliphatic carbocycles. The second kappa shape index (κ2) is 16.0. The number of nitrogens with zero attached hydrogens (tertiary/aromatic N) is 3. The van der Waals surface area contributed by atoms with Crippen LogP contribution in [0.25, 0.3) is 0 Å². The fraction of sp³-hybridized carbons (Fsp3) is 0.515. The van der Waals surface area contributed by atoms with E-state index in [0.29, 0.717) is 27.8 Å². The van der Waals surface area contributed by atoms with Gasteiger partial charge in [-0.25, -0.2) is 23.1 Å². The summed E-state index contributed by atoms with van der Waals surface area (Å²) < 4.78 is 45.7. The molecule has 1 N–H and O–H groups in total. The smallest absolute Gasteiger partial charge is 0.418 e. The average molecular weight is 689 g/mol. The third-order valence-corrected chi connectivity index (χ3v) is 10.6. The molecule has 0 aromatic heterocycles. The predicted octanol–water partition coefficient (Wildman–Crippen LogP) is 5.98. The molecule has 1 unspecified atom stereocenters. The molecule has 2 aromatic carbocycles. The zero-order chi connectivity index (χ0) is 34.2. The number of benzene rings is 2. The van der Waals surface area contributed by atoms with Crippen molar-refractivity contribution in [3.8, 4) is 5.75 Å². The van der Waals surface area contributed by atoms with E-state index >= 15 is 0 Å². The molecule has 0 saturated carbocycles. The largest absolute Gasteiger partial charge is 0.497 e. The highest BCUT2D eigenvalue weighted by molar-refractivity contribution is 7.98. The van der Waals surface area contributed by atoms with E-state index in [4.69, 9.17) is 14.2 Å². The van der Waals surface area contributed by atoms with Gasteiger partial charge in [-0.2, -0.15) is 0 Å². The third kappa shape index (κ3) is 8.28. The second-order valence-electron chi connectivity index (χ2n) is 11.8. The minimum absolute atomic E-state index is 0.0518. The Bertz CT molecular complexity index is 1590. The number of unbranched alkanes of at least 4 members (excludes halogenated alkanes) is 5. The van der Waals surface area contributed by atoms with E-state index < -0.39 is 39.6 Å². The summed E-state index contributed by atoms with van der Waals surface area (Å²) in [5.41, 5.74) is -1.15. The Morgan fingerprint density at radius 1 is 1.04 bits per heavy atom. The summed E-state index contributed by atoms with van der Waals surface area (Å²) in [6.45, 7) is 5.70. The number of amides is 3. The molecule has 1 saturated heterocycles. The zero-order valence-corrected chi connectivity index (χ0v) is 29.2. The van der Waals surface area contributed by atoms with Gasteiger partial charge in [0.15, 0.2) is 17.5 Å². The van der Waals surface area contributed by atoms with Gasteiger partial charge in [-0.05, 0) is 57.2 Å². The van der Waals surface area contributed by atoms with Gasteiger partial charge in [0.2, 0.25) is 0 Å². The maximum Gasteiger partial charge on any atom is 0.418 e. The van der Waals surface area contributed by atoms with Crippen LogP contribution in [0.2, 0.25) is 0 Å². The topological polar surface area (TPSA) is 144 Å². The number of amidine groups is 1. The molecule has 0 radical (unpaired) electrons. The fourth-order valence-corrected chi connectivity index (χ4v) is 7.54. The van der Waals surface area contributed by atoms with Gasteiger partial charge < -0.3 is 19.5 Å². The first-order chi connectivity index (χ1) is 22.5. The standard InChI is InChI=1S/C33H44N4O8S2/c1-6-7-8-9-10-13-20-44-21-14-19-36-29(34-24-15-11-12-16-27(24)47(36,41)42)28(37-31(39)33(2,3)45-32(37)40)30(38)35-25-22-23(43-4)17-18-26(25)46-5/h11-12,15-18,22,28H,6-10,13-14,19-21H2,1-5H3,(H,35,38). The molecule has 1 fully saturated rings. The van der Waals surface area contributed by atoms with Gasteiger partial charge in [0.25, 0.3) is 21.8 Å². The van der Waals surface area contributed by atoms with Gasteiger partial charge in [-0.1, -0.05) is 51.2 Å². The van der Waals surface area contributed by atoms with Crippen molar-refractivity contribution >= 4 is 56.9 Å². The lowest BCUT2D eigenvalue weighted by Gasteiger charge is -2.35. The number of cyclic esters (lactones) is 1. The van der Waals surface area contributed by atoms with Crippen molar-refractivity contribution in [2.45, 2.75) is 87.2 Å². The van der Waals surface area contributed by atoms with Crippen LogP contribution in [-0.2, 0) is 29.1 Å². The molecule has 256 valence electrons. The van der Waals surface area contributed by atoms with E-state index in [9.17, 15) is 22.8 Å². The fourth-order valence-electron chi connectivity index (χ4n) is 5.39. The lowest BCUT2D eigenvalue weighted by Crippen LogP contribution is -2.59. The van der Waals surface area contributed by atoms with Crippen molar-refractivity contribution in [2.75, 3.05) is 38.4 Å². The van der Waals surface area contributed by atoms with E-state index in [1.54, 1.807) is 30.3 Å². The van der Waals surface area contributed by atoms with E-state index in [1.807, 2.05) is 6.26 Å². The van der Waals surface area contributed by atoms with Crippen LogP contribution >= 0.6 is 11.8 Å². The summed E-state index contributed by atoms with van der Waals surface area (Å²) in [6, 6.07) is 9.44.